The first-order valence-corrected chi connectivity index (χ1v) is 11.1. The van der Waals surface area contributed by atoms with Gasteiger partial charge in [0.1, 0.15) is 17.6 Å². The number of nitrogen functional groups attached to an aromatic ring is 1. The zero-order valence-corrected chi connectivity index (χ0v) is 19.5. The molecule has 2 aromatic heterocycles. The fourth-order valence-electron chi connectivity index (χ4n) is 3.58. The maximum absolute atomic E-state index is 9.67. The number of nitriles is 1. The van der Waals surface area contributed by atoms with Gasteiger partial charge in [-0.1, -0.05) is 23.2 Å². The van der Waals surface area contributed by atoms with Gasteiger partial charge in [-0.3, -0.25) is 16.1 Å². The Balaban J connectivity index is 1.60. The van der Waals surface area contributed by atoms with Gasteiger partial charge >= 0.3 is 0 Å². The zero-order chi connectivity index (χ0) is 24.2. The number of anilines is 2. The van der Waals surface area contributed by atoms with Crippen molar-refractivity contribution in [3.8, 4) is 11.8 Å². The van der Waals surface area contributed by atoms with E-state index < -0.39 is 6.23 Å². The van der Waals surface area contributed by atoms with E-state index in [0.29, 0.717) is 65.8 Å². The third-order valence-electron chi connectivity index (χ3n) is 5.32. The number of benzene rings is 1. The quantitative estimate of drug-likeness (QED) is 0.266. The smallest absolute Gasteiger partial charge is 0.177 e. The highest BCUT2D eigenvalue weighted by molar-refractivity contribution is 6.35. The maximum Gasteiger partial charge on any atom is 0.177 e. The summed E-state index contributed by atoms with van der Waals surface area (Å²) in [6.07, 6.45) is 3.45. The summed E-state index contributed by atoms with van der Waals surface area (Å²) in [7, 11) is 0. The number of halogens is 2. The average molecular weight is 498 g/mol. The van der Waals surface area contributed by atoms with Crippen molar-refractivity contribution in [3.63, 3.8) is 0 Å². The molecule has 1 aliphatic rings. The van der Waals surface area contributed by atoms with Gasteiger partial charge in [0.2, 0.25) is 0 Å². The normalized spacial score (nSPS) is 14.4. The molecule has 0 spiro atoms. The SMILES string of the molecule is N#Cc1cc(C(=N)c2cc(O[C@H](N)c3c(Cl)cncc3Cl)ccc2N)cnc1N1CCOCC1. The van der Waals surface area contributed by atoms with Crippen LogP contribution in [-0.4, -0.2) is 42.0 Å². The molecule has 3 heterocycles. The van der Waals surface area contributed by atoms with Crippen molar-refractivity contribution < 1.29 is 9.47 Å². The molecule has 0 aliphatic carbocycles. The summed E-state index contributed by atoms with van der Waals surface area (Å²) in [5, 5.41) is 18.9. The van der Waals surface area contributed by atoms with E-state index in [4.69, 9.17) is 49.6 Å². The number of hydrogen-bond donors (Lipinski definition) is 3. The van der Waals surface area contributed by atoms with Crippen LogP contribution >= 0.6 is 23.2 Å². The van der Waals surface area contributed by atoms with Crippen LogP contribution in [0.15, 0.2) is 42.9 Å². The van der Waals surface area contributed by atoms with Gasteiger partial charge in [0.15, 0.2) is 6.23 Å². The number of ether oxygens (including phenoxy) is 2. The maximum atomic E-state index is 9.67. The van der Waals surface area contributed by atoms with Crippen molar-refractivity contribution in [3.05, 3.63) is 75.2 Å². The number of rotatable bonds is 6. The lowest BCUT2D eigenvalue weighted by molar-refractivity contribution is 0.122. The Hall–Kier alpha value is -3.42. The molecule has 1 saturated heterocycles. The van der Waals surface area contributed by atoms with E-state index in [2.05, 4.69) is 16.0 Å². The van der Waals surface area contributed by atoms with Crippen molar-refractivity contribution in [1.29, 1.82) is 10.7 Å². The van der Waals surface area contributed by atoms with Crippen molar-refractivity contribution in [2.45, 2.75) is 6.23 Å². The van der Waals surface area contributed by atoms with Crippen LogP contribution in [0.5, 0.6) is 5.75 Å². The molecule has 0 unspecified atom stereocenters. The van der Waals surface area contributed by atoms with Crippen molar-refractivity contribution in [1.82, 2.24) is 9.97 Å². The van der Waals surface area contributed by atoms with Crippen LogP contribution in [-0.2, 0) is 4.74 Å². The van der Waals surface area contributed by atoms with Crippen LogP contribution < -0.4 is 21.1 Å². The summed E-state index contributed by atoms with van der Waals surface area (Å²) in [4.78, 5) is 10.4. The van der Waals surface area contributed by atoms with Crippen LogP contribution in [0, 0.1) is 16.7 Å². The third kappa shape index (κ3) is 4.90. The molecular weight excluding hydrogens is 477 g/mol. The number of nitrogens with one attached hydrogen (secondary N) is 1. The highest BCUT2D eigenvalue weighted by Crippen LogP contribution is 2.31. The highest BCUT2D eigenvalue weighted by atomic mass is 35.5. The van der Waals surface area contributed by atoms with Gasteiger partial charge in [-0.2, -0.15) is 5.26 Å². The second kappa shape index (κ2) is 10.2. The molecule has 1 aliphatic heterocycles. The number of morpholine rings is 1. The lowest BCUT2D eigenvalue weighted by atomic mass is 10.0. The van der Waals surface area contributed by atoms with Gasteiger partial charge in [0.05, 0.1) is 34.5 Å². The van der Waals surface area contributed by atoms with Gasteiger partial charge in [0, 0.05) is 54.1 Å². The number of aromatic nitrogens is 2. The number of nitrogens with zero attached hydrogens (tertiary/aromatic N) is 4. The molecule has 9 nitrogen and oxygen atoms in total. The van der Waals surface area contributed by atoms with Crippen molar-refractivity contribution in [2.24, 2.45) is 5.73 Å². The van der Waals surface area contributed by atoms with E-state index in [9.17, 15) is 5.26 Å². The zero-order valence-electron chi connectivity index (χ0n) is 18.0. The van der Waals surface area contributed by atoms with Crippen LogP contribution in [0.2, 0.25) is 10.0 Å². The molecule has 3 aromatic rings. The minimum absolute atomic E-state index is 0.0917. The highest BCUT2D eigenvalue weighted by Gasteiger charge is 2.20. The van der Waals surface area contributed by atoms with E-state index in [1.165, 1.54) is 12.4 Å². The summed E-state index contributed by atoms with van der Waals surface area (Å²) < 4.78 is 11.2. The third-order valence-corrected chi connectivity index (χ3v) is 5.92. The second-order valence-corrected chi connectivity index (χ2v) is 8.30. The summed E-state index contributed by atoms with van der Waals surface area (Å²) in [5.41, 5.74) is 14.4. The largest absolute Gasteiger partial charge is 0.471 e. The van der Waals surface area contributed by atoms with Crippen molar-refractivity contribution >= 4 is 40.4 Å². The predicted octanol–water partition coefficient (Wildman–Crippen LogP) is 3.53. The Labute approximate surface area is 206 Å². The first-order chi connectivity index (χ1) is 16.4. The molecule has 5 N–H and O–H groups in total. The lowest BCUT2D eigenvalue weighted by Crippen LogP contribution is -2.37. The predicted molar refractivity (Wildman–Crippen MR) is 131 cm³/mol. The fourth-order valence-corrected chi connectivity index (χ4v) is 4.16. The van der Waals surface area contributed by atoms with E-state index in [-0.39, 0.29) is 15.8 Å². The monoisotopic (exact) mass is 497 g/mol. The first kappa shape index (κ1) is 23.7. The Bertz CT molecular complexity index is 1250. The van der Waals surface area contributed by atoms with Gasteiger partial charge in [-0.05, 0) is 24.3 Å². The van der Waals surface area contributed by atoms with Gasteiger partial charge in [0.25, 0.3) is 0 Å². The molecular formula is C23H21Cl2N7O2. The molecule has 174 valence electrons. The van der Waals surface area contributed by atoms with Crippen LogP contribution in [0.1, 0.15) is 28.5 Å². The molecule has 0 radical (unpaired) electrons. The Kier molecular flexibility index (Phi) is 7.14. The molecule has 0 bridgehead atoms. The Morgan fingerprint density at radius 1 is 1.18 bits per heavy atom. The van der Waals surface area contributed by atoms with Crippen LogP contribution in [0.25, 0.3) is 0 Å². The number of nitrogens with two attached hydrogens (primary N) is 2. The van der Waals surface area contributed by atoms with Crippen LogP contribution in [0.4, 0.5) is 11.5 Å². The molecule has 11 heteroatoms. The van der Waals surface area contributed by atoms with E-state index >= 15 is 0 Å². The van der Waals surface area contributed by atoms with Gasteiger partial charge in [-0.25, -0.2) is 4.98 Å². The molecule has 34 heavy (non-hydrogen) atoms. The molecule has 0 saturated carbocycles. The summed E-state index contributed by atoms with van der Waals surface area (Å²) in [5.74, 6) is 0.938. The Morgan fingerprint density at radius 2 is 1.88 bits per heavy atom. The van der Waals surface area contributed by atoms with Crippen molar-refractivity contribution in [2.75, 3.05) is 36.9 Å². The molecule has 1 atom stereocenters. The average Bonchev–Trinajstić information content (AvgIpc) is 2.85. The lowest BCUT2D eigenvalue weighted by Gasteiger charge is -2.28. The minimum Gasteiger partial charge on any atom is -0.471 e. The number of hydrogen-bond acceptors (Lipinski definition) is 9. The van der Waals surface area contributed by atoms with Gasteiger partial charge in [-0.15, -0.1) is 0 Å². The standard InChI is InChI=1S/C23H21Cl2N7O2/c24-17-11-30-12-18(25)20(17)22(29)34-15-1-2-19(27)16(8-15)21(28)14-7-13(9-26)23(31-10-14)32-3-5-33-6-4-32/h1-2,7-8,10-12,22,28H,3-6,27,29H2/t22-/m0/s1. The summed E-state index contributed by atoms with van der Waals surface area (Å²) >= 11 is 12.3. The minimum atomic E-state index is -0.965. The van der Waals surface area contributed by atoms with Gasteiger partial charge < -0.3 is 20.1 Å². The topological polar surface area (TPSA) is 147 Å². The first-order valence-electron chi connectivity index (χ1n) is 10.3. The molecule has 0 amide bonds. The Morgan fingerprint density at radius 3 is 2.56 bits per heavy atom. The van der Waals surface area contributed by atoms with E-state index in [0.717, 1.165) is 0 Å². The fraction of sp³-hybridized carbons (Fsp3) is 0.217. The molecule has 1 aromatic carbocycles. The van der Waals surface area contributed by atoms with Crippen LogP contribution in [0.3, 0.4) is 0 Å². The van der Waals surface area contributed by atoms with E-state index in [1.54, 1.807) is 30.5 Å². The number of pyridine rings is 2. The summed E-state index contributed by atoms with van der Waals surface area (Å²) in [6, 6.07) is 8.66. The molecule has 4 rings (SSSR count). The molecule has 1 fully saturated rings. The second-order valence-electron chi connectivity index (χ2n) is 7.49. The van der Waals surface area contributed by atoms with E-state index in [1.807, 2.05) is 4.90 Å². The summed E-state index contributed by atoms with van der Waals surface area (Å²) in [6.45, 7) is 2.45.